The minimum absolute atomic E-state index is 0.129. The van der Waals surface area contributed by atoms with Crippen LogP contribution in [0.4, 0.5) is 5.69 Å². The van der Waals surface area contributed by atoms with Crippen LogP contribution in [0.2, 0.25) is 0 Å². The number of ether oxygens (including phenoxy) is 3. The fourth-order valence-electron chi connectivity index (χ4n) is 6.29. The summed E-state index contributed by atoms with van der Waals surface area (Å²) in [5.74, 6) is -1.66. The number of aliphatic hydroxyl groups is 1. The molecule has 202 valence electrons. The molecule has 2 amide bonds. The van der Waals surface area contributed by atoms with Crippen molar-refractivity contribution in [3.63, 3.8) is 0 Å². The Bertz CT molecular complexity index is 997. The molecular formula is C28H38N2O7. The average Bonchev–Trinajstić information content (AvgIpc) is 3.54. The number of amides is 2. The number of carbonyl (C=O) groups excluding carboxylic acids is 3. The number of likely N-dealkylation sites (tertiary alicyclic amines) is 1. The monoisotopic (exact) mass is 514 g/mol. The second kappa shape index (κ2) is 11.6. The maximum absolute atomic E-state index is 14.3. The molecule has 3 fully saturated rings. The molecule has 9 heteroatoms. The van der Waals surface area contributed by atoms with Crippen molar-refractivity contribution in [3.8, 4) is 5.75 Å². The summed E-state index contributed by atoms with van der Waals surface area (Å²) < 4.78 is 17.1. The lowest BCUT2D eigenvalue weighted by Crippen LogP contribution is -2.56. The molecule has 1 aromatic rings. The van der Waals surface area contributed by atoms with Gasteiger partial charge in [0.2, 0.25) is 5.91 Å². The van der Waals surface area contributed by atoms with Gasteiger partial charge >= 0.3 is 5.97 Å². The van der Waals surface area contributed by atoms with Gasteiger partial charge in [-0.3, -0.25) is 14.4 Å². The molecule has 3 aliphatic heterocycles. The molecule has 2 bridgehead atoms. The zero-order chi connectivity index (χ0) is 26.6. The van der Waals surface area contributed by atoms with Gasteiger partial charge in [0.25, 0.3) is 5.91 Å². The van der Waals surface area contributed by atoms with Gasteiger partial charge in [0.1, 0.15) is 17.4 Å². The Kier molecular flexibility index (Phi) is 8.54. The highest BCUT2D eigenvalue weighted by molar-refractivity contribution is 6.04. The molecule has 1 aromatic carbocycles. The van der Waals surface area contributed by atoms with E-state index in [1.54, 1.807) is 54.2 Å². The van der Waals surface area contributed by atoms with E-state index in [4.69, 9.17) is 19.3 Å². The maximum atomic E-state index is 14.3. The minimum Gasteiger partial charge on any atom is -0.497 e. The summed E-state index contributed by atoms with van der Waals surface area (Å²) in [5, 5.41) is 9.10. The van der Waals surface area contributed by atoms with E-state index in [-0.39, 0.29) is 31.6 Å². The molecule has 3 aliphatic rings. The molecule has 0 radical (unpaired) electrons. The molecule has 0 saturated carbocycles. The van der Waals surface area contributed by atoms with E-state index in [9.17, 15) is 14.4 Å². The van der Waals surface area contributed by atoms with Gasteiger partial charge in [-0.05, 0) is 56.9 Å². The van der Waals surface area contributed by atoms with Crippen molar-refractivity contribution in [1.82, 2.24) is 4.90 Å². The number of methoxy groups -OCH3 is 1. The summed E-state index contributed by atoms with van der Waals surface area (Å²) in [6.45, 7) is 6.56. The minimum atomic E-state index is -1.06. The van der Waals surface area contributed by atoms with Gasteiger partial charge in [-0.25, -0.2) is 0 Å². The molecule has 5 atom stereocenters. The number of carbonyl (C=O) groups is 3. The van der Waals surface area contributed by atoms with Crippen LogP contribution in [-0.4, -0.2) is 79.0 Å². The number of unbranched alkanes of at least 4 members (excludes halogenated alkanes) is 3. The van der Waals surface area contributed by atoms with E-state index >= 15 is 0 Å². The van der Waals surface area contributed by atoms with Gasteiger partial charge in [0.05, 0.1) is 31.7 Å². The Hall–Kier alpha value is -2.91. The summed E-state index contributed by atoms with van der Waals surface area (Å²) in [6, 6.07) is 6.33. The molecular weight excluding hydrogens is 476 g/mol. The Labute approximate surface area is 218 Å². The van der Waals surface area contributed by atoms with E-state index < -0.39 is 35.6 Å². The van der Waals surface area contributed by atoms with Gasteiger partial charge in [-0.1, -0.05) is 18.9 Å². The predicted octanol–water partition coefficient (Wildman–Crippen LogP) is 2.70. The lowest BCUT2D eigenvalue weighted by atomic mass is 9.70. The van der Waals surface area contributed by atoms with Crippen LogP contribution >= 0.6 is 0 Å². The lowest BCUT2D eigenvalue weighted by molar-refractivity contribution is -0.154. The highest BCUT2D eigenvalue weighted by Gasteiger charge is 2.75. The van der Waals surface area contributed by atoms with Gasteiger partial charge in [-0.2, -0.15) is 0 Å². The van der Waals surface area contributed by atoms with E-state index in [1.165, 1.54) is 0 Å². The van der Waals surface area contributed by atoms with Crippen molar-refractivity contribution in [2.45, 2.75) is 63.2 Å². The number of hydrogen-bond donors (Lipinski definition) is 1. The molecule has 1 spiro atoms. The van der Waals surface area contributed by atoms with Crippen LogP contribution in [0.15, 0.2) is 36.9 Å². The van der Waals surface area contributed by atoms with Crippen molar-refractivity contribution < 1.29 is 33.7 Å². The van der Waals surface area contributed by atoms with Crippen LogP contribution in [0.5, 0.6) is 5.75 Å². The van der Waals surface area contributed by atoms with Crippen molar-refractivity contribution in [2.24, 2.45) is 11.8 Å². The molecule has 3 heterocycles. The molecule has 37 heavy (non-hydrogen) atoms. The Balaban J connectivity index is 1.69. The number of rotatable bonds is 13. The van der Waals surface area contributed by atoms with E-state index in [1.807, 2.05) is 0 Å². The quantitative estimate of drug-likeness (QED) is 0.245. The summed E-state index contributed by atoms with van der Waals surface area (Å²) in [6.07, 6.45) is 5.41. The summed E-state index contributed by atoms with van der Waals surface area (Å²) >= 11 is 0. The zero-order valence-electron chi connectivity index (χ0n) is 21.8. The Morgan fingerprint density at radius 3 is 2.62 bits per heavy atom. The SMILES string of the molecule is C=CCN(C(=O)[C@@H]1N(CCCCCCO)C(=O)[C@H]2[C@H](C(=O)OCC)[C@@H]3CC[C@]12O3)c1ccc(OC)cc1. The van der Waals surface area contributed by atoms with E-state index in [0.717, 1.165) is 12.8 Å². The Morgan fingerprint density at radius 2 is 1.97 bits per heavy atom. The topological polar surface area (TPSA) is 106 Å². The highest BCUT2D eigenvalue weighted by Crippen LogP contribution is 2.59. The number of nitrogens with zero attached hydrogens (tertiary/aromatic N) is 2. The van der Waals surface area contributed by atoms with Crippen molar-refractivity contribution in [3.05, 3.63) is 36.9 Å². The second-order valence-electron chi connectivity index (χ2n) is 9.91. The van der Waals surface area contributed by atoms with Gasteiger partial charge < -0.3 is 29.1 Å². The molecule has 0 aliphatic carbocycles. The molecule has 0 aromatic heterocycles. The van der Waals surface area contributed by atoms with Crippen LogP contribution in [0, 0.1) is 11.8 Å². The number of benzene rings is 1. The Morgan fingerprint density at radius 1 is 1.24 bits per heavy atom. The third-order valence-electron chi connectivity index (χ3n) is 7.86. The van der Waals surface area contributed by atoms with Crippen LogP contribution in [-0.2, 0) is 23.9 Å². The molecule has 1 N–H and O–H groups in total. The van der Waals surface area contributed by atoms with Gasteiger partial charge in [-0.15, -0.1) is 6.58 Å². The first-order valence-corrected chi connectivity index (χ1v) is 13.3. The van der Waals surface area contributed by atoms with Crippen LogP contribution in [0.1, 0.15) is 45.4 Å². The number of esters is 1. The first-order chi connectivity index (χ1) is 17.9. The maximum Gasteiger partial charge on any atom is 0.312 e. The van der Waals surface area contributed by atoms with E-state index in [0.29, 0.717) is 43.7 Å². The van der Waals surface area contributed by atoms with Crippen molar-refractivity contribution >= 4 is 23.5 Å². The third kappa shape index (κ3) is 4.86. The molecule has 3 saturated heterocycles. The van der Waals surface area contributed by atoms with Crippen LogP contribution in [0.25, 0.3) is 0 Å². The smallest absolute Gasteiger partial charge is 0.312 e. The first-order valence-electron chi connectivity index (χ1n) is 13.3. The molecule has 0 unspecified atom stereocenters. The third-order valence-corrected chi connectivity index (χ3v) is 7.86. The zero-order valence-corrected chi connectivity index (χ0v) is 21.8. The number of fused-ring (bicyclic) bond motifs is 1. The van der Waals surface area contributed by atoms with Gasteiger partial charge in [0, 0.05) is 25.4 Å². The molecule has 9 nitrogen and oxygen atoms in total. The van der Waals surface area contributed by atoms with Crippen molar-refractivity contribution in [1.29, 1.82) is 0 Å². The first kappa shape index (κ1) is 27.1. The normalized spacial score (nSPS) is 27.8. The summed E-state index contributed by atoms with van der Waals surface area (Å²) in [7, 11) is 1.58. The van der Waals surface area contributed by atoms with Crippen LogP contribution in [0.3, 0.4) is 0 Å². The van der Waals surface area contributed by atoms with Crippen molar-refractivity contribution in [2.75, 3.05) is 38.3 Å². The largest absolute Gasteiger partial charge is 0.497 e. The second-order valence-corrected chi connectivity index (χ2v) is 9.91. The van der Waals surface area contributed by atoms with E-state index in [2.05, 4.69) is 6.58 Å². The number of hydrogen-bond acceptors (Lipinski definition) is 7. The highest BCUT2D eigenvalue weighted by atomic mass is 16.6. The van der Waals surface area contributed by atoms with Gasteiger partial charge in [0.15, 0.2) is 0 Å². The standard InChI is InChI=1S/C28H38N2O7/c1-4-16-29(19-10-12-20(35-3)13-11-19)26(33)24-28-15-14-21(37-28)22(27(34)36-5-2)23(28)25(32)30(24)17-8-6-7-9-18-31/h4,10-13,21-24,31H,1,5-9,14-18H2,2-3H3/t21-,22+,23+,24-,28+/m0/s1. The predicted molar refractivity (Wildman–Crippen MR) is 137 cm³/mol. The number of anilines is 1. The average molecular weight is 515 g/mol. The summed E-state index contributed by atoms with van der Waals surface area (Å²) in [5.41, 5.74) is -0.400. The number of aliphatic hydroxyl groups excluding tert-OH is 1. The fraction of sp³-hybridized carbons (Fsp3) is 0.607. The van der Waals surface area contributed by atoms with Crippen LogP contribution < -0.4 is 9.64 Å². The molecule has 4 rings (SSSR count). The fourth-order valence-corrected chi connectivity index (χ4v) is 6.29. The summed E-state index contributed by atoms with van der Waals surface area (Å²) in [4.78, 5) is 44.4. The lowest BCUT2D eigenvalue weighted by Gasteiger charge is -2.36.